The molecule has 3 nitrogen and oxygen atoms in total. The molecule has 2 saturated heterocycles. The lowest BCUT2D eigenvalue weighted by molar-refractivity contribution is -0.184. The Morgan fingerprint density at radius 2 is 1.35 bits per heavy atom. The van der Waals surface area contributed by atoms with Crippen LogP contribution in [0.2, 0.25) is 0 Å². The van der Waals surface area contributed by atoms with E-state index < -0.39 is 12.1 Å². The molecule has 0 radical (unpaired) electrons. The Kier molecular flexibility index (Phi) is 4.24. The monoisotopic (exact) mass is 293 g/mol. The molecule has 20 heavy (non-hydrogen) atoms. The van der Waals surface area contributed by atoms with Gasteiger partial charge in [0.2, 0.25) is 0 Å². The zero-order valence-corrected chi connectivity index (χ0v) is 11.6. The molecule has 1 aliphatic carbocycles. The Labute approximate surface area is 117 Å². The van der Waals surface area contributed by atoms with E-state index in [0.29, 0.717) is 43.8 Å². The van der Waals surface area contributed by atoms with Crippen molar-refractivity contribution in [3.63, 3.8) is 0 Å². The SMILES string of the molecule is FC(F)(F)C1CCC(CN(CC2CO2)CC2CO2)CC1. The lowest BCUT2D eigenvalue weighted by Gasteiger charge is -2.33. The summed E-state index contributed by atoms with van der Waals surface area (Å²) in [5.74, 6) is -0.683. The molecule has 0 aromatic rings. The fourth-order valence-corrected chi connectivity index (χ4v) is 3.18. The van der Waals surface area contributed by atoms with Crippen molar-refractivity contribution in [2.24, 2.45) is 11.8 Å². The molecule has 3 aliphatic rings. The first kappa shape index (κ1) is 14.6. The fourth-order valence-electron chi connectivity index (χ4n) is 3.18. The second kappa shape index (κ2) is 5.81. The first-order chi connectivity index (χ1) is 9.50. The summed E-state index contributed by atoms with van der Waals surface area (Å²) in [6.07, 6.45) is -1.37. The van der Waals surface area contributed by atoms with E-state index in [1.54, 1.807) is 0 Å². The molecule has 6 heteroatoms. The van der Waals surface area contributed by atoms with Crippen LogP contribution in [0.15, 0.2) is 0 Å². The van der Waals surface area contributed by atoms with Crippen molar-refractivity contribution in [1.29, 1.82) is 0 Å². The van der Waals surface area contributed by atoms with E-state index in [9.17, 15) is 13.2 Å². The highest BCUT2D eigenvalue weighted by Crippen LogP contribution is 2.39. The molecule has 3 fully saturated rings. The van der Waals surface area contributed by atoms with Gasteiger partial charge in [-0.15, -0.1) is 0 Å². The largest absolute Gasteiger partial charge is 0.391 e. The van der Waals surface area contributed by atoms with E-state index >= 15 is 0 Å². The van der Waals surface area contributed by atoms with Crippen LogP contribution in [0.3, 0.4) is 0 Å². The van der Waals surface area contributed by atoms with Crippen LogP contribution in [0.1, 0.15) is 25.7 Å². The van der Waals surface area contributed by atoms with Crippen molar-refractivity contribution in [3.05, 3.63) is 0 Å². The predicted octanol–water partition coefficient (Wildman–Crippen LogP) is 2.45. The van der Waals surface area contributed by atoms with E-state index in [0.717, 1.165) is 32.8 Å². The van der Waals surface area contributed by atoms with Crippen molar-refractivity contribution in [3.8, 4) is 0 Å². The predicted molar refractivity (Wildman–Crippen MR) is 67.4 cm³/mol. The summed E-state index contributed by atoms with van der Waals surface area (Å²) in [6, 6.07) is 0. The quantitative estimate of drug-likeness (QED) is 0.704. The molecule has 2 unspecified atom stereocenters. The minimum absolute atomic E-state index is 0.294. The molecule has 0 aromatic heterocycles. The molecular weight excluding hydrogens is 271 g/mol. The molecule has 2 heterocycles. The van der Waals surface area contributed by atoms with Crippen molar-refractivity contribution >= 4 is 0 Å². The Bertz CT molecular complexity index is 307. The molecule has 116 valence electrons. The molecule has 0 N–H and O–H groups in total. The second-order valence-corrected chi connectivity index (χ2v) is 6.39. The number of hydrogen-bond acceptors (Lipinski definition) is 3. The van der Waals surface area contributed by atoms with Gasteiger partial charge >= 0.3 is 6.18 Å². The maximum Gasteiger partial charge on any atom is 0.391 e. The number of epoxide rings is 2. The summed E-state index contributed by atoms with van der Waals surface area (Å²) in [5.41, 5.74) is 0. The molecule has 0 spiro atoms. The normalized spacial score (nSPS) is 37.2. The maximum atomic E-state index is 12.6. The topological polar surface area (TPSA) is 28.3 Å². The average Bonchev–Trinajstić information content (AvgIpc) is 3.25. The van der Waals surface area contributed by atoms with Crippen molar-refractivity contribution in [2.75, 3.05) is 32.8 Å². The standard InChI is InChI=1S/C14H22F3NO2/c15-14(16,17)11-3-1-10(2-4-11)5-18(6-12-8-19-12)7-13-9-20-13/h10-13H,1-9H2. The van der Waals surface area contributed by atoms with Gasteiger partial charge in [0.25, 0.3) is 0 Å². The highest BCUT2D eigenvalue weighted by atomic mass is 19.4. The smallest absolute Gasteiger partial charge is 0.372 e. The van der Waals surface area contributed by atoms with Gasteiger partial charge in [0.15, 0.2) is 0 Å². The zero-order chi connectivity index (χ0) is 14.2. The van der Waals surface area contributed by atoms with Crippen molar-refractivity contribution in [2.45, 2.75) is 44.1 Å². The van der Waals surface area contributed by atoms with Gasteiger partial charge in [-0.05, 0) is 31.6 Å². The summed E-state index contributed by atoms with van der Waals surface area (Å²) >= 11 is 0. The van der Waals surface area contributed by atoms with Gasteiger partial charge in [-0.1, -0.05) is 0 Å². The van der Waals surface area contributed by atoms with Gasteiger partial charge in [-0.2, -0.15) is 13.2 Å². The zero-order valence-electron chi connectivity index (χ0n) is 11.6. The first-order valence-electron chi connectivity index (χ1n) is 7.53. The lowest BCUT2D eigenvalue weighted by atomic mass is 9.81. The summed E-state index contributed by atoms with van der Waals surface area (Å²) < 4.78 is 48.5. The van der Waals surface area contributed by atoms with Gasteiger partial charge < -0.3 is 9.47 Å². The fraction of sp³-hybridized carbons (Fsp3) is 1.00. The van der Waals surface area contributed by atoms with E-state index in [4.69, 9.17) is 9.47 Å². The number of rotatable bonds is 6. The highest BCUT2D eigenvalue weighted by molar-refractivity contribution is 4.84. The summed E-state index contributed by atoms with van der Waals surface area (Å²) in [4.78, 5) is 2.33. The third kappa shape index (κ3) is 4.33. The van der Waals surface area contributed by atoms with Gasteiger partial charge in [0.05, 0.1) is 31.3 Å². The Balaban J connectivity index is 1.43. The van der Waals surface area contributed by atoms with Crippen molar-refractivity contribution < 1.29 is 22.6 Å². The Morgan fingerprint density at radius 1 is 0.850 bits per heavy atom. The number of nitrogens with zero attached hydrogens (tertiary/aromatic N) is 1. The number of alkyl halides is 3. The minimum Gasteiger partial charge on any atom is -0.372 e. The molecule has 0 aromatic carbocycles. The Morgan fingerprint density at radius 3 is 1.75 bits per heavy atom. The molecule has 3 rings (SSSR count). The van der Waals surface area contributed by atoms with Gasteiger partial charge in [-0.25, -0.2) is 0 Å². The van der Waals surface area contributed by atoms with Gasteiger partial charge in [-0.3, -0.25) is 4.90 Å². The number of ether oxygens (including phenoxy) is 2. The van der Waals surface area contributed by atoms with Crippen LogP contribution < -0.4 is 0 Å². The minimum atomic E-state index is -4.01. The number of halogens is 3. The van der Waals surface area contributed by atoms with Crippen LogP contribution >= 0.6 is 0 Å². The molecule has 2 atom stereocenters. The van der Waals surface area contributed by atoms with Gasteiger partial charge in [0.1, 0.15) is 0 Å². The molecular formula is C14H22F3NO2. The number of hydrogen-bond donors (Lipinski definition) is 0. The van der Waals surface area contributed by atoms with Crippen molar-refractivity contribution in [1.82, 2.24) is 4.90 Å². The third-order valence-electron chi connectivity index (χ3n) is 4.55. The molecule has 2 aliphatic heterocycles. The van der Waals surface area contributed by atoms with E-state index in [1.165, 1.54) is 0 Å². The van der Waals surface area contributed by atoms with Crippen LogP contribution in [0, 0.1) is 11.8 Å². The van der Waals surface area contributed by atoms with Crippen LogP contribution in [-0.2, 0) is 9.47 Å². The van der Waals surface area contributed by atoms with E-state index in [-0.39, 0.29) is 0 Å². The maximum absolute atomic E-state index is 12.6. The lowest BCUT2D eigenvalue weighted by Crippen LogP contribution is -2.38. The van der Waals surface area contributed by atoms with Crippen LogP contribution in [0.5, 0.6) is 0 Å². The van der Waals surface area contributed by atoms with E-state index in [1.807, 2.05) is 0 Å². The average molecular weight is 293 g/mol. The molecule has 1 saturated carbocycles. The highest BCUT2D eigenvalue weighted by Gasteiger charge is 2.42. The second-order valence-electron chi connectivity index (χ2n) is 6.39. The summed E-state index contributed by atoms with van der Waals surface area (Å²) in [7, 11) is 0. The third-order valence-corrected chi connectivity index (χ3v) is 4.55. The Hall–Kier alpha value is -0.330. The molecule has 0 amide bonds. The van der Waals surface area contributed by atoms with E-state index in [2.05, 4.69) is 4.90 Å². The summed E-state index contributed by atoms with van der Waals surface area (Å²) in [6.45, 7) is 4.34. The van der Waals surface area contributed by atoms with Gasteiger partial charge in [0, 0.05) is 19.6 Å². The van der Waals surface area contributed by atoms with Crippen LogP contribution in [0.25, 0.3) is 0 Å². The van der Waals surface area contributed by atoms with Crippen LogP contribution in [0.4, 0.5) is 13.2 Å². The summed E-state index contributed by atoms with van der Waals surface area (Å²) in [5, 5.41) is 0. The molecule has 0 bridgehead atoms. The first-order valence-corrected chi connectivity index (χ1v) is 7.53. The van der Waals surface area contributed by atoms with Crippen LogP contribution in [-0.4, -0.2) is 56.1 Å².